The Morgan fingerprint density at radius 1 is 1.25 bits per heavy atom. The van der Waals surface area contributed by atoms with Crippen molar-refractivity contribution in [3.63, 3.8) is 0 Å². The van der Waals surface area contributed by atoms with Crippen molar-refractivity contribution in [2.24, 2.45) is 13.0 Å². The average Bonchev–Trinajstić information content (AvgIpc) is 2.84. The summed E-state index contributed by atoms with van der Waals surface area (Å²) in [4.78, 5) is 0. The second-order valence-corrected chi connectivity index (χ2v) is 5.31. The first-order valence-corrected chi connectivity index (χ1v) is 6.59. The van der Waals surface area contributed by atoms with E-state index in [2.05, 4.69) is 22.1 Å². The summed E-state index contributed by atoms with van der Waals surface area (Å²) in [6.07, 6.45) is 8.41. The van der Waals surface area contributed by atoms with E-state index >= 15 is 0 Å². The molecule has 1 aliphatic heterocycles. The van der Waals surface area contributed by atoms with Crippen LogP contribution >= 0.6 is 0 Å². The largest absolute Gasteiger partial charge is 0.307 e. The normalized spacial score (nSPS) is 21.3. The van der Waals surface area contributed by atoms with E-state index in [1.165, 1.54) is 55.5 Å². The highest BCUT2D eigenvalue weighted by Gasteiger charge is 2.23. The quantitative estimate of drug-likeness (QED) is 0.826. The molecule has 2 heterocycles. The van der Waals surface area contributed by atoms with E-state index in [9.17, 15) is 0 Å². The summed E-state index contributed by atoms with van der Waals surface area (Å²) in [6, 6.07) is 0. The van der Waals surface area contributed by atoms with E-state index in [-0.39, 0.29) is 0 Å². The standard InChI is InChI=1S/C13H21N3/c1-16-13(7-10-5-3-2-4-6-10)11-8-14-9-12(11)15-16/h10,14H,2-9H2,1H3. The zero-order chi connectivity index (χ0) is 11.0. The van der Waals surface area contributed by atoms with Crippen molar-refractivity contribution in [1.82, 2.24) is 15.1 Å². The Bertz CT molecular complexity index is 375. The molecule has 16 heavy (non-hydrogen) atoms. The molecule has 1 N–H and O–H groups in total. The van der Waals surface area contributed by atoms with Crippen LogP contribution in [0.2, 0.25) is 0 Å². The minimum absolute atomic E-state index is 0.911. The molecule has 0 saturated heterocycles. The van der Waals surface area contributed by atoms with Crippen molar-refractivity contribution in [1.29, 1.82) is 0 Å². The topological polar surface area (TPSA) is 29.9 Å². The molecule has 1 saturated carbocycles. The molecule has 3 nitrogen and oxygen atoms in total. The van der Waals surface area contributed by atoms with Crippen LogP contribution in [0, 0.1) is 5.92 Å². The maximum atomic E-state index is 4.61. The Balaban J connectivity index is 1.78. The number of aryl methyl sites for hydroxylation is 1. The van der Waals surface area contributed by atoms with Gasteiger partial charge in [-0.15, -0.1) is 0 Å². The van der Waals surface area contributed by atoms with Crippen molar-refractivity contribution in [3.8, 4) is 0 Å². The minimum atomic E-state index is 0.911. The summed E-state index contributed by atoms with van der Waals surface area (Å²) in [6.45, 7) is 2.00. The van der Waals surface area contributed by atoms with Gasteiger partial charge in [0.25, 0.3) is 0 Å². The van der Waals surface area contributed by atoms with Crippen LogP contribution in [0.15, 0.2) is 0 Å². The molecule has 1 fully saturated rings. The van der Waals surface area contributed by atoms with Gasteiger partial charge < -0.3 is 5.32 Å². The van der Waals surface area contributed by atoms with Crippen LogP contribution in [0.4, 0.5) is 0 Å². The smallest absolute Gasteiger partial charge is 0.0810 e. The van der Waals surface area contributed by atoms with Crippen LogP contribution in [0.3, 0.4) is 0 Å². The molecule has 0 atom stereocenters. The predicted octanol–water partition coefficient (Wildman–Crippen LogP) is 2.15. The minimum Gasteiger partial charge on any atom is -0.307 e. The monoisotopic (exact) mass is 219 g/mol. The molecular formula is C13H21N3. The highest BCUT2D eigenvalue weighted by atomic mass is 15.3. The van der Waals surface area contributed by atoms with Gasteiger partial charge in [0.05, 0.1) is 5.69 Å². The molecule has 1 aromatic heterocycles. The van der Waals surface area contributed by atoms with Gasteiger partial charge in [0, 0.05) is 31.4 Å². The van der Waals surface area contributed by atoms with Gasteiger partial charge in [0.15, 0.2) is 0 Å². The van der Waals surface area contributed by atoms with Gasteiger partial charge in [-0.25, -0.2) is 0 Å². The Morgan fingerprint density at radius 3 is 2.88 bits per heavy atom. The highest BCUT2D eigenvalue weighted by molar-refractivity contribution is 5.29. The fourth-order valence-electron chi connectivity index (χ4n) is 3.24. The van der Waals surface area contributed by atoms with Crippen LogP contribution < -0.4 is 5.32 Å². The third kappa shape index (κ3) is 1.77. The molecule has 2 aliphatic rings. The van der Waals surface area contributed by atoms with Crippen molar-refractivity contribution in [2.75, 3.05) is 0 Å². The summed E-state index contributed by atoms with van der Waals surface area (Å²) in [5, 5.41) is 8.01. The Labute approximate surface area is 97.2 Å². The zero-order valence-corrected chi connectivity index (χ0v) is 10.1. The van der Waals surface area contributed by atoms with Crippen LogP contribution in [-0.2, 0) is 26.6 Å². The van der Waals surface area contributed by atoms with E-state index in [0.717, 1.165) is 19.0 Å². The number of hydrogen-bond acceptors (Lipinski definition) is 2. The van der Waals surface area contributed by atoms with E-state index in [1.807, 2.05) is 0 Å². The van der Waals surface area contributed by atoms with Gasteiger partial charge in [0.2, 0.25) is 0 Å². The van der Waals surface area contributed by atoms with E-state index in [1.54, 1.807) is 0 Å². The van der Waals surface area contributed by atoms with Crippen LogP contribution in [0.5, 0.6) is 0 Å². The molecule has 3 heteroatoms. The predicted molar refractivity (Wildman–Crippen MR) is 64.0 cm³/mol. The lowest BCUT2D eigenvalue weighted by atomic mass is 9.85. The summed E-state index contributed by atoms with van der Waals surface area (Å²) in [7, 11) is 2.11. The molecule has 0 aromatic carbocycles. The van der Waals surface area contributed by atoms with Crippen molar-refractivity contribution in [2.45, 2.75) is 51.6 Å². The molecule has 0 bridgehead atoms. The van der Waals surface area contributed by atoms with Crippen molar-refractivity contribution >= 4 is 0 Å². The molecule has 88 valence electrons. The van der Waals surface area contributed by atoms with Crippen molar-refractivity contribution < 1.29 is 0 Å². The first kappa shape index (κ1) is 10.3. The van der Waals surface area contributed by atoms with Crippen LogP contribution in [-0.4, -0.2) is 9.78 Å². The average molecular weight is 219 g/mol. The summed E-state index contributed by atoms with van der Waals surface area (Å²) in [5.41, 5.74) is 4.27. The zero-order valence-electron chi connectivity index (χ0n) is 10.1. The lowest BCUT2D eigenvalue weighted by Crippen LogP contribution is -2.14. The Kier molecular flexibility index (Phi) is 2.72. The van der Waals surface area contributed by atoms with Crippen molar-refractivity contribution in [3.05, 3.63) is 17.0 Å². The van der Waals surface area contributed by atoms with Gasteiger partial charge in [0.1, 0.15) is 0 Å². The molecule has 0 amide bonds. The van der Waals surface area contributed by atoms with Gasteiger partial charge in [-0.1, -0.05) is 32.1 Å². The highest BCUT2D eigenvalue weighted by Crippen LogP contribution is 2.29. The first-order chi connectivity index (χ1) is 7.84. The third-order valence-electron chi connectivity index (χ3n) is 4.16. The van der Waals surface area contributed by atoms with Crippen LogP contribution in [0.25, 0.3) is 0 Å². The molecule has 1 aromatic rings. The first-order valence-electron chi connectivity index (χ1n) is 6.59. The Hall–Kier alpha value is -0.830. The molecule has 0 unspecified atom stereocenters. The second kappa shape index (κ2) is 4.21. The Morgan fingerprint density at radius 2 is 2.06 bits per heavy atom. The summed E-state index contributed by atoms with van der Waals surface area (Å²) in [5.74, 6) is 0.911. The van der Waals surface area contributed by atoms with E-state index < -0.39 is 0 Å². The summed E-state index contributed by atoms with van der Waals surface area (Å²) >= 11 is 0. The number of hydrogen-bond donors (Lipinski definition) is 1. The SMILES string of the molecule is Cn1nc2c(c1CC1CCCCC1)CNC2. The van der Waals surface area contributed by atoms with Gasteiger partial charge in [-0.05, 0) is 12.3 Å². The van der Waals surface area contributed by atoms with E-state index in [4.69, 9.17) is 0 Å². The van der Waals surface area contributed by atoms with Gasteiger partial charge >= 0.3 is 0 Å². The van der Waals surface area contributed by atoms with E-state index in [0.29, 0.717) is 0 Å². The second-order valence-electron chi connectivity index (χ2n) is 5.31. The molecule has 0 spiro atoms. The van der Waals surface area contributed by atoms with Gasteiger partial charge in [-0.2, -0.15) is 5.10 Å². The fraction of sp³-hybridized carbons (Fsp3) is 0.769. The number of nitrogens with one attached hydrogen (secondary N) is 1. The van der Waals surface area contributed by atoms with Gasteiger partial charge in [-0.3, -0.25) is 4.68 Å². The van der Waals surface area contributed by atoms with Crippen LogP contribution in [0.1, 0.15) is 49.1 Å². The number of aromatic nitrogens is 2. The molecule has 3 rings (SSSR count). The number of fused-ring (bicyclic) bond motifs is 1. The fourth-order valence-corrected chi connectivity index (χ4v) is 3.24. The maximum absolute atomic E-state index is 4.61. The maximum Gasteiger partial charge on any atom is 0.0810 e. The lowest BCUT2D eigenvalue weighted by Gasteiger charge is -2.21. The molecule has 1 aliphatic carbocycles. The number of nitrogens with zero attached hydrogens (tertiary/aromatic N) is 2. The lowest BCUT2D eigenvalue weighted by molar-refractivity contribution is 0.349. The summed E-state index contributed by atoms with van der Waals surface area (Å²) < 4.78 is 2.13. The molecular weight excluding hydrogens is 198 g/mol. The number of rotatable bonds is 2. The molecule has 0 radical (unpaired) electrons. The third-order valence-corrected chi connectivity index (χ3v) is 4.16.